The van der Waals surface area contributed by atoms with Crippen LogP contribution in [0.25, 0.3) is 0 Å². The number of hydrogen-bond donors (Lipinski definition) is 0. The third-order valence-corrected chi connectivity index (χ3v) is 4.32. The number of rotatable bonds is 6. The Morgan fingerprint density at radius 1 is 1.40 bits per heavy atom. The molecule has 7 nitrogen and oxygen atoms in total. The molecule has 0 N–H and O–H groups in total. The Balaban J connectivity index is 1.72. The summed E-state index contributed by atoms with van der Waals surface area (Å²) < 4.78 is 12.6. The number of aromatic nitrogens is 3. The first kappa shape index (κ1) is 17.4. The first-order chi connectivity index (χ1) is 12.2. The molecular weight excluding hydrogens is 320 g/mol. The highest BCUT2D eigenvalue weighted by atomic mass is 16.5. The summed E-state index contributed by atoms with van der Waals surface area (Å²) in [4.78, 5) is 19.1. The van der Waals surface area contributed by atoms with Crippen molar-refractivity contribution in [3.63, 3.8) is 0 Å². The summed E-state index contributed by atoms with van der Waals surface area (Å²) in [5.74, 6) is 0.315. The van der Waals surface area contributed by atoms with Gasteiger partial charge < -0.3 is 14.4 Å². The molecule has 2 aromatic heterocycles. The molecule has 134 valence electrons. The van der Waals surface area contributed by atoms with Crippen LogP contribution in [-0.4, -0.2) is 59.0 Å². The largest absolute Gasteiger partial charge is 0.475 e. The van der Waals surface area contributed by atoms with E-state index in [9.17, 15) is 4.79 Å². The van der Waals surface area contributed by atoms with E-state index in [1.165, 1.54) is 0 Å². The summed E-state index contributed by atoms with van der Waals surface area (Å²) in [6.07, 6.45) is 7.49. The van der Waals surface area contributed by atoms with Gasteiger partial charge in [0.25, 0.3) is 5.91 Å². The standard InChI is InChI=1S/C18H24N4O3/c1-14-11-20-22(12-14)15-5-4-8-21(13-15)18(23)16-6-3-7-19-17(16)25-10-9-24-2/h3,6-7,11-12,15H,4-5,8-10,13H2,1-2H3/t15-/m1/s1. The number of aryl methyl sites for hydroxylation is 1. The first-order valence-corrected chi connectivity index (χ1v) is 8.56. The van der Waals surface area contributed by atoms with Crippen LogP contribution in [0.2, 0.25) is 0 Å². The van der Waals surface area contributed by atoms with Gasteiger partial charge >= 0.3 is 0 Å². The maximum absolute atomic E-state index is 13.0. The van der Waals surface area contributed by atoms with E-state index < -0.39 is 0 Å². The molecule has 2 aromatic rings. The third kappa shape index (κ3) is 4.17. The molecule has 3 rings (SSSR count). The smallest absolute Gasteiger partial charge is 0.259 e. The van der Waals surface area contributed by atoms with Gasteiger partial charge in [-0.1, -0.05) is 0 Å². The molecule has 1 atom stereocenters. The van der Waals surface area contributed by atoms with Crippen LogP contribution in [-0.2, 0) is 4.74 Å². The fourth-order valence-electron chi connectivity index (χ4n) is 3.05. The lowest BCUT2D eigenvalue weighted by Gasteiger charge is -2.33. The summed E-state index contributed by atoms with van der Waals surface area (Å²) in [5.41, 5.74) is 1.63. The van der Waals surface area contributed by atoms with Gasteiger partial charge in [0, 0.05) is 32.6 Å². The molecule has 0 aromatic carbocycles. The second-order valence-corrected chi connectivity index (χ2v) is 6.24. The highest BCUT2D eigenvalue weighted by molar-refractivity contribution is 5.96. The topological polar surface area (TPSA) is 69.5 Å². The van der Waals surface area contributed by atoms with Gasteiger partial charge in [-0.05, 0) is 37.5 Å². The summed E-state index contributed by atoms with van der Waals surface area (Å²) in [5, 5.41) is 4.40. The minimum absolute atomic E-state index is 0.0471. The van der Waals surface area contributed by atoms with Gasteiger partial charge in [0.1, 0.15) is 12.2 Å². The zero-order valence-corrected chi connectivity index (χ0v) is 14.7. The maximum Gasteiger partial charge on any atom is 0.259 e. The number of piperidine rings is 1. The van der Waals surface area contributed by atoms with Crippen molar-refractivity contribution in [1.82, 2.24) is 19.7 Å². The van der Waals surface area contributed by atoms with E-state index in [0.29, 0.717) is 31.2 Å². The van der Waals surface area contributed by atoms with E-state index in [0.717, 1.165) is 24.9 Å². The Kier molecular flexibility index (Phi) is 5.65. The molecule has 3 heterocycles. The summed E-state index contributed by atoms with van der Waals surface area (Å²) in [6, 6.07) is 3.73. The van der Waals surface area contributed by atoms with Crippen LogP contribution < -0.4 is 4.74 Å². The molecule has 1 aliphatic rings. The minimum Gasteiger partial charge on any atom is -0.475 e. The Morgan fingerprint density at radius 2 is 2.28 bits per heavy atom. The lowest BCUT2D eigenvalue weighted by Crippen LogP contribution is -2.41. The third-order valence-electron chi connectivity index (χ3n) is 4.32. The van der Waals surface area contributed by atoms with Crippen molar-refractivity contribution in [2.24, 2.45) is 0 Å². The van der Waals surface area contributed by atoms with Gasteiger partial charge in [0.05, 0.1) is 18.8 Å². The number of likely N-dealkylation sites (tertiary alicyclic amines) is 1. The van der Waals surface area contributed by atoms with Gasteiger partial charge in [-0.15, -0.1) is 0 Å². The fourth-order valence-corrected chi connectivity index (χ4v) is 3.05. The fraction of sp³-hybridized carbons (Fsp3) is 0.500. The van der Waals surface area contributed by atoms with E-state index in [-0.39, 0.29) is 11.9 Å². The minimum atomic E-state index is -0.0471. The molecule has 0 unspecified atom stereocenters. The highest BCUT2D eigenvalue weighted by Gasteiger charge is 2.27. The molecule has 0 saturated carbocycles. The van der Waals surface area contributed by atoms with E-state index in [1.54, 1.807) is 25.4 Å². The number of nitrogens with zero attached hydrogens (tertiary/aromatic N) is 4. The van der Waals surface area contributed by atoms with Crippen molar-refractivity contribution < 1.29 is 14.3 Å². The van der Waals surface area contributed by atoms with E-state index in [2.05, 4.69) is 10.1 Å². The van der Waals surface area contributed by atoms with Crippen LogP contribution in [0.4, 0.5) is 0 Å². The van der Waals surface area contributed by atoms with Gasteiger partial charge in [0.2, 0.25) is 5.88 Å². The van der Waals surface area contributed by atoms with Crippen LogP contribution in [0.5, 0.6) is 5.88 Å². The van der Waals surface area contributed by atoms with Crippen molar-refractivity contribution in [2.45, 2.75) is 25.8 Å². The first-order valence-electron chi connectivity index (χ1n) is 8.56. The number of ether oxygens (including phenoxy) is 2. The van der Waals surface area contributed by atoms with E-state index in [4.69, 9.17) is 9.47 Å². The Morgan fingerprint density at radius 3 is 3.04 bits per heavy atom. The normalized spacial score (nSPS) is 17.5. The second kappa shape index (κ2) is 8.11. The predicted octanol–water partition coefficient (Wildman–Crippen LogP) is 2.09. The molecule has 25 heavy (non-hydrogen) atoms. The molecule has 7 heteroatoms. The Hall–Kier alpha value is -2.41. The number of amides is 1. The molecule has 1 saturated heterocycles. The van der Waals surface area contributed by atoms with Crippen molar-refractivity contribution in [3.8, 4) is 5.88 Å². The molecule has 0 bridgehead atoms. The van der Waals surface area contributed by atoms with Crippen LogP contribution in [0.3, 0.4) is 0 Å². The van der Waals surface area contributed by atoms with Crippen LogP contribution in [0.15, 0.2) is 30.7 Å². The summed E-state index contributed by atoms with van der Waals surface area (Å²) >= 11 is 0. The maximum atomic E-state index is 13.0. The highest BCUT2D eigenvalue weighted by Crippen LogP contribution is 2.24. The molecule has 0 radical (unpaired) electrons. The SMILES string of the molecule is COCCOc1ncccc1C(=O)N1CCC[C@@H](n2cc(C)cn2)C1. The van der Waals surface area contributed by atoms with Crippen molar-refractivity contribution in [1.29, 1.82) is 0 Å². The van der Waals surface area contributed by atoms with E-state index >= 15 is 0 Å². The zero-order valence-electron chi connectivity index (χ0n) is 14.7. The average Bonchev–Trinajstić information content (AvgIpc) is 3.08. The Labute approximate surface area is 147 Å². The van der Waals surface area contributed by atoms with Crippen molar-refractivity contribution in [3.05, 3.63) is 41.9 Å². The zero-order chi connectivity index (χ0) is 17.6. The molecule has 1 fully saturated rings. The van der Waals surface area contributed by atoms with Crippen molar-refractivity contribution in [2.75, 3.05) is 33.4 Å². The van der Waals surface area contributed by atoms with Crippen LogP contribution in [0.1, 0.15) is 34.8 Å². The van der Waals surface area contributed by atoms with Gasteiger partial charge in [-0.3, -0.25) is 9.48 Å². The number of pyridine rings is 1. The quantitative estimate of drug-likeness (QED) is 0.751. The molecule has 0 aliphatic carbocycles. The Bertz CT molecular complexity index is 716. The van der Waals surface area contributed by atoms with Gasteiger partial charge in [-0.25, -0.2) is 4.98 Å². The molecule has 1 aliphatic heterocycles. The summed E-state index contributed by atoms with van der Waals surface area (Å²) in [6.45, 7) is 4.22. The second-order valence-electron chi connectivity index (χ2n) is 6.24. The average molecular weight is 344 g/mol. The van der Waals surface area contributed by atoms with Crippen LogP contribution >= 0.6 is 0 Å². The van der Waals surface area contributed by atoms with Gasteiger partial charge in [-0.2, -0.15) is 5.10 Å². The molecule has 0 spiro atoms. The van der Waals surface area contributed by atoms with Crippen molar-refractivity contribution >= 4 is 5.91 Å². The number of carbonyl (C=O) groups is 1. The van der Waals surface area contributed by atoms with Gasteiger partial charge in [0.15, 0.2) is 0 Å². The van der Waals surface area contributed by atoms with Crippen LogP contribution in [0, 0.1) is 6.92 Å². The van der Waals surface area contributed by atoms with E-state index in [1.807, 2.05) is 28.9 Å². The molecular formula is C18H24N4O3. The lowest BCUT2D eigenvalue weighted by atomic mass is 10.0. The molecule has 1 amide bonds. The predicted molar refractivity (Wildman–Crippen MR) is 92.7 cm³/mol. The monoisotopic (exact) mass is 344 g/mol. The number of hydrogen-bond acceptors (Lipinski definition) is 5. The lowest BCUT2D eigenvalue weighted by molar-refractivity contribution is 0.0665. The number of methoxy groups -OCH3 is 1. The summed E-state index contributed by atoms with van der Waals surface area (Å²) in [7, 11) is 1.61. The number of carbonyl (C=O) groups excluding carboxylic acids is 1.